The first-order chi connectivity index (χ1) is 6.77. The number of aromatic nitrogens is 2. The molecule has 2 aromatic heterocycles. The van der Waals surface area contributed by atoms with Gasteiger partial charge in [0.1, 0.15) is 0 Å². The molecule has 2 nitrogen and oxygen atoms in total. The first-order valence-corrected chi connectivity index (χ1v) is 5.27. The summed E-state index contributed by atoms with van der Waals surface area (Å²) >= 11 is 1.65. The zero-order chi connectivity index (χ0) is 9.71. The average Bonchev–Trinajstić information content (AvgIpc) is 2.65. The summed E-state index contributed by atoms with van der Waals surface area (Å²) in [4.78, 5) is 6.67. The van der Waals surface area contributed by atoms with Crippen LogP contribution in [-0.4, -0.2) is 9.38 Å². The summed E-state index contributed by atoms with van der Waals surface area (Å²) in [6.45, 7) is 6.08. The summed E-state index contributed by atoms with van der Waals surface area (Å²) in [6, 6.07) is 8.18. The minimum absolute atomic E-state index is 0. The number of hydrogen-bond acceptors (Lipinski definition) is 2. The van der Waals surface area contributed by atoms with E-state index in [-0.39, 0.29) is 0 Å². The van der Waals surface area contributed by atoms with Crippen molar-refractivity contribution in [1.82, 2.24) is 9.38 Å². The van der Waals surface area contributed by atoms with Crippen LogP contribution in [0.2, 0.25) is 0 Å². The maximum Gasteiger partial charge on any atom is 0.175 e. The third-order valence-electron chi connectivity index (χ3n) is 2.48. The van der Waals surface area contributed by atoms with E-state index in [2.05, 4.69) is 29.3 Å². The van der Waals surface area contributed by atoms with Crippen LogP contribution < -0.4 is 0 Å². The van der Waals surface area contributed by atoms with Gasteiger partial charge in [-0.25, -0.2) is 11.9 Å². The number of thiazole rings is 1. The van der Waals surface area contributed by atoms with E-state index in [1.807, 2.05) is 18.2 Å². The van der Waals surface area contributed by atoms with E-state index in [0.29, 0.717) is 0 Å². The minimum atomic E-state index is 0. The van der Waals surface area contributed by atoms with Crippen molar-refractivity contribution >= 4 is 27.3 Å². The van der Waals surface area contributed by atoms with E-state index < -0.39 is 0 Å². The van der Waals surface area contributed by atoms with E-state index >= 15 is 0 Å². The maximum atomic E-state index is 4.54. The quantitative estimate of drug-likeness (QED) is 0.464. The molecular weight excluding hydrogens is 459 g/mol. The zero-order valence-corrected chi connectivity index (χ0v) is 15.7. The zero-order valence-electron chi connectivity index (χ0n) is 8.53. The van der Waals surface area contributed by atoms with Crippen molar-refractivity contribution in [1.29, 1.82) is 0 Å². The molecule has 0 amide bonds. The van der Waals surface area contributed by atoms with Gasteiger partial charge in [-0.3, -0.25) is 0 Å². The molecule has 0 aliphatic carbocycles. The van der Waals surface area contributed by atoms with Crippen LogP contribution in [0, 0.1) is 13.8 Å². The van der Waals surface area contributed by atoms with Gasteiger partial charge in [0.25, 0.3) is 0 Å². The van der Waals surface area contributed by atoms with Crippen LogP contribution in [0.4, 0.5) is 0 Å². The molecule has 72 valence electrons. The number of rotatable bonds is 0. The standard InChI is InChI=1S/C11H9N2S.Rf/c1-7-8(2)14-11-12-9-5-3-4-6-10(9)13(7)11;/h3-6H,2H2,1H3;/q-1;. The van der Waals surface area contributed by atoms with Crippen molar-refractivity contribution < 1.29 is 0 Å². The van der Waals surface area contributed by atoms with E-state index in [0.717, 1.165) is 15.4 Å². The number of imidazole rings is 1. The fourth-order valence-electron chi connectivity index (χ4n) is 1.71. The van der Waals surface area contributed by atoms with E-state index in [1.165, 1.54) is 11.2 Å². The van der Waals surface area contributed by atoms with Gasteiger partial charge in [-0.15, -0.1) is 21.9 Å². The molecule has 0 aliphatic heterocycles. The molecule has 4 heteroatoms. The van der Waals surface area contributed by atoms with Crippen LogP contribution in [0.3, 0.4) is 0 Å². The molecule has 0 aliphatic rings. The Balaban J connectivity index is 0.000000853. The second-order valence-electron chi connectivity index (χ2n) is 3.33. The van der Waals surface area contributed by atoms with Crippen molar-refractivity contribution in [2.45, 2.75) is 6.92 Å². The number of hydrogen-bond donors (Lipinski definition) is 0. The van der Waals surface area contributed by atoms with Gasteiger partial charge in [0, 0.05) is 0 Å². The monoisotopic (exact) mass is 468 g/mol. The van der Waals surface area contributed by atoms with Gasteiger partial charge < -0.3 is 4.40 Å². The molecule has 0 spiro atoms. The molecule has 0 bridgehead atoms. The van der Waals surface area contributed by atoms with E-state index in [1.54, 1.807) is 11.3 Å². The Hall–Kier alpha value is -2.48. The molecule has 3 aromatic rings. The topological polar surface area (TPSA) is 17.3 Å². The number of para-hydroxylation sites is 2. The Morgan fingerprint density at radius 1 is 1.33 bits per heavy atom. The van der Waals surface area contributed by atoms with Crippen LogP contribution in [0.25, 0.3) is 16.0 Å². The molecule has 15 heavy (non-hydrogen) atoms. The van der Waals surface area contributed by atoms with Gasteiger partial charge in [0.15, 0.2) is 4.96 Å². The first kappa shape index (κ1) is 9.09. The van der Waals surface area contributed by atoms with Crippen LogP contribution in [0.1, 0.15) is 10.6 Å². The molecule has 1 aromatic carbocycles. The van der Waals surface area contributed by atoms with Gasteiger partial charge in [-0.1, -0.05) is 19.1 Å². The summed E-state index contributed by atoms with van der Waals surface area (Å²) in [5, 5.41) is 0. The largest absolute Gasteiger partial charge is 0.369 e. The van der Waals surface area contributed by atoms with Gasteiger partial charge in [0.2, 0.25) is 0 Å². The van der Waals surface area contributed by atoms with Crippen LogP contribution >= 0.6 is 11.3 Å². The van der Waals surface area contributed by atoms with Crippen molar-refractivity contribution in [3.8, 4) is 0 Å². The molecule has 3 rings (SSSR count). The van der Waals surface area contributed by atoms with E-state index in [9.17, 15) is 0 Å². The first-order valence-electron chi connectivity index (χ1n) is 4.46. The van der Waals surface area contributed by atoms with Crippen LogP contribution in [0.5, 0.6) is 0 Å². The molecular formula is C11H9N2RfS-. The van der Waals surface area contributed by atoms with Gasteiger partial charge >= 0.3 is 0 Å². The van der Waals surface area contributed by atoms with E-state index in [4.69, 9.17) is 0 Å². The summed E-state index contributed by atoms with van der Waals surface area (Å²) in [6.07, 6.45) is 0. The number of fused-ring (bicyclic) bond motifs is 3. The molecule has 2 heterocycles. The predicted octanol–water partition coefficient (Wildman–Crippen LogP) is 3.04. The Kier molecular flexibility index (Phi) is 1.67. The summed E-state index contributed by atoms with van der Waals surface area (Å²) in [5.74, 6) is 0. The number of aryl methyl sites for hydroxylation is 1. The van der Waals surface area contributed by atoms with Crippen LogP contribution in [0.15, 0.2) is 24.3 Å². The molecule has 0 radical (unpaired) electrons. The third kappa shape index (κ3) is 0.987. The second-order valence-corrected chi connectivity index (χ2v) is 4.39. The number of nitrogens with zero attached hydrogens (tertiary/aromatic N) is 2. The van der Waals surface area contributed by atoms with Crippen molar-refractivity contribution in [2.24, 2.45) is 0 Å². The van der Waals surface area contributed by atoms with Gasteiger partial charge in [0.05, 0.1) is 11.0 Å². The van der Waals surface area contributed by atoms with Crippen LogP contribution in [-0.2, 0) is 0 Å². The smallest absolute Gasteiger partial charge is 0.175 e. The number of benzene rings is 1. The third-order valence-corrected chi connectivity index (χ3v) is 3.48. The predicted molar refractivity (Wildman–Crippen MR) is 59.8 cm³/mol. The average molecular weight is 468 g/mol. The Morgan fingerprint density at radius 3 is 2.87 bits per heavy atom. The second kappa shape index (κ2) is 2.75. The summed E-state index contributed by atoms with van der Waals surface area (Å²) < 4.78 is 2.17. The molecule has 0 unspecified atom stereocenters. The fourth-order valence-corrected chi connectivity index (χ4v) is 2.64. The molecule has 0 N–H and O–H groups in total. The molecule has 0 saturated carbocycles. The van der Waals surface area contributed by atoms with Crippen molar-refractivity contribution in [2.75, 3.05) is 0 Å². The van der Waals surface area contributed by atoms with Crippen molar-refractivity contribution in [3.05, 3.63) is 41.8 Å². The molecule has 0 fully saturated rings. The minimum Gasteiger partial charge on any atom is -0.369 e. The summed E-state index contributed by atoms with van der Waals surface area (Å²) in [7, 11) is 0. The Morgan fingerprint density at radius 2 is 2.07 bits per heavy atom. The van der Waals surface area contributed by atoms with Crippen molar-refractivity contribution in [3.63, 3.8) is 0 Å². The Labute approximate surface area is 85.8 Å². The SMILES string of the molecule is [CH2-]c1sc2nc3ccccc3n2c1C.[Rf]. The fraction of sp³-hybridized carbons (Fsp3) is 0.0909. The van der Waals surface area contributed by atoms with Gasteiger partial charge in [-0.2, -0.15) is 0 Å². The molecule has 0 atom stereocenters. The normalized spacial score (nSPS) is 10.7. The maximum absolute atomic E-state index is 4.54. The Bertz CT molecular complexity index is 624. The molecule has 0 saturated heterocycles. The summed E-state index contributed by atoms with van der Waals surface area (Å²) in [5.41, 5.74) is 3.42. The van der Waals surface area contributed by atoms with Gasteiger partial charge in [-0.05, 0) is 12.1 Å².